The molecular formula is C13H16O3. The van der Waals surface area contributed by atoms with Crippen molar-refractivity contribution in [3.05, 3.63) is 35.4 Å². The number of phenolic OH excluding ortho intramolecular Hbond substituents is 2. The summed E-state index contributed by atoms with van der Waals surface area (Å²) in [4.78, 5) is 11.9. The fourth-order valence-electron chi connectivity index (χ4n) is 1.50. The Labute approximate surface area is 95.0 Å². The summed E-state index contributed by atoms with van der Waals surface area (Å²) in [6, 6.07) is 4.22. The molecule has 16 heavy (non-hydrogen) atoms. The zero-order valence-corrected chi connectivity index (χ0v) is 9.69. The largest absolute Gasteiger partial charge is 0.508 e. The quantitative estimate of drug-likeness (QED) is 0.770. The van der Waals surface area contributed by atoms with Crippen LogP contribution in [-0.4, -0.2) is 16.0 Å². The Morgan fingerprint density at radius 1 is 1.25 bits per heavy atom. The molecule has 0 heterocycles. The van der Waals surface area contributed by atoms with Gasteiger partial charge in [0.05, 0.1) is 0 Å². The Bertz CT molecular complexity index is 413. The van der Waals surface area contributed by atoms with Crippen LogP contribution in [0.3, 0.4) is 0 Å². The van der Waals surface area contributed by atoms with Crippen LogP contribution in [0.15, 0.2) is 29.8 Å². The monoisotopic (exact) mass is 220 g/mol. The zero-order valence-electron chi connectivity index (χ0n) is 9.69. The van der Waals surface area contributed by atoms with Gasteiger partial charge in [0, 0.05) is 12.0 Å². The van der Waals surface area contributed by atoms with Crippen molar-refractivity contribution in [2.24, 2.45) is 0 Å². The molecule has 3 heteroatoms. The van der Waals surface area contributed by atoms with Gasteiger partial charge in [-0.05, 0) is 37.1 Å². The molecular weight excluding hydrogens is 204 g/mol. The highest BCUT2D eigenvalue weighted by molar-refractivity contribution is 5.99. The SMILES string of the molecule is C/C=C(\C)C(=O)C(C)c1cc(O)cc(O)c1. The van der Waals surface area contributed by atoms with Crippen LogP contribution in [0.4, 0.5) is 0 Å². The average Bonchev–Trinajstić information content (AvgIpc) is 2.24. The van der Waals surface area contributed by atoms with Gasteiger partial charge in [0.25, 0.3) is 0 Å². The lowest BCUT2D eigenvalue weighted by atomic mass is 9.92. The van der Waals surface area contributed by atoms with Crippen LogP contribution in [-0.2, 0) is 4.79 Å². The first-order chi connectivity index (χ1) is 7.45. The molecule has 1 rings (SSSR count). The minimum Gasteiger partial charge on any atom is -0.508 e. The van der Waals surface area contributed by atoms with Gasteiger partial charge < -0.3 is 10.2 Å². The van der Waals surface area contributed by atoms with Gasteiger partial charge in [-0.25, -0.2) is 0 Å². The Morgan fingerprint density at radius 2 is 1.75 bits per heavy atom. The first kappa shape index (κ1) is 12.3. The molecule has 0 aliphatic heterocycles. The molecule has 1 aromatic rings. The molecule has 86 valence electrons. The van der Waals surface area contributed by atoms with Crippen LogP contribution in [0, 0.1) is 0 Å². The predicted molar refractivity (Wildman–Crippen MR) is 62.6 cm³/mol. The summed E-state index contributed by atoms with van der Waals surface area (Å²) in [6.07, 6.45) is 1.75. The van der Waals surface area contributed by atoms with Crippen LogP contribution in [0.2, 0.25) is 0 Å². The van der Waals surface area contributed by atoms with Crippen LogP contribution >= 0.6 is 0 Å². The topological polar surface area (TPSA) is 57.5 Å². The van der Waals surface area contributed by atoms with Crippen molar-refractivity contribution in [2.45, 2.75) is 26.7 Å². The van der Waals surface area contributed by atoms with E-state index < -0.39 is 0 Å². The van der Waals surface area contributed by atoms with Gasteiger partial charge in [-0.2, -0.15) is 0 Å². The summed E-state index contributed by atoms with van der Waals surface area (Å²) in [5, 5.41) is 18.7. The summed E-state index contributed by atoms with van der Waals surface area (Å²) < 4.78 is 0. The molecule has 1 aromatic carbocycles. The third kappa shape index (κ3) is 2.63. The van der Waals surface area contributed by atoms with Crippen molar-refractivity contribution in [3.8, 4) is 11.5 Å². The third-order valence-corrected chi connectivity index (χ3v) is 2.64. The first-order valence-electron chi connectivity index (χ1n) is 5.15. The van der Waals surface area contributed by atoms with E-state index in [9.17, 15) is 15.0 Å². The van der Waals surface area contributed by atoms with E-state index in [1.54, 1.807) is 26.8 Å². The number of aromatic hydroxyl groups is 2. The van der Waals surface area contributed by atoms with Crippen molar-refractivity contribution >= 4 is 5.78 Å². The minimum absolute atomic E-state index is 0.00694. The smallest absolute Gasteiger partial charge is 0.165 e. The van der Waals surface area contributed by atoms with Crippen molar-refractivity contribution in [1.82, 2.24) is 0 Å². The second-order valence-corrected chi connectivity index (χ2v) is 3.84. The van der Waals surface area contributed by atoms with Crippen LogP contribution in [0.1, 0.15) is 32.3 Å². The molecule has 0 aliphatic rings. The molecule has 0 fully saturated rings. The normalized spacial score (nSPS) is 13.6. The van der Waals surface area contributed by atoms with Crippen molar-refractivity contribution in [1.29, 1.82) is 0 Å². The lowest BCUT2D eigenvalue weighted by molar-refractivity contribution is -0.116. The Kier molecular flexibility index (Phi) is 3.72. The summed E-state index contributed by atoms with van der Waals surface area (Å²) in [6.45, 7) is 5.31. The number of hydrogen-bond donors (Lipinski definition) is 2. The van der Waals surface area contributed by atoms with Gasteiger partial charge in [-0.1, -0.05) is 13.0 Å². The maximum absolute atomic E-state index is 11.9. The number of benzene rings is 1. The predicted octanol–water partition coefficient (Wildman–Crippen LogP) is 2.74. The van der Waals surface area contributed by atoms with Gasteiger partial charge in [0.15, 0.2) is 5.78 Å². The van der Waals surface area contributed by atoms with E-state index in [4.69, 9.17) is 0 Å². The molecule has 0 saturated heterocycles. The number of carbonyl (C=O) groups excluding carboxylic acids is 1. The number of rotatable bonds is 3. The third-order valence-electron chi connectivity index (χ3n) is 2.64. The van der Waals surface area contributed by atoms with Gasteiger partial charge in [0.1, 0.15) is 11.5 Å². The molecule has 0 bridgehead atoms. The molecule has 2 N–H and O–H groups in total. The second-order valence-electron chi connectivity index (χ2n) is 3.84. The minimum atomic E-state index is -0.366. The van der Waals surface area contributed by atoms with E-state index in [1.165, 1.54) is 18.2 Å². The van der Waals surface area contributed by atoms with Crippen LogP contribution in [0.25, 0.3) is 0 Å². The molecule has 0 aromatic heterocycles. The van der Waals surface area contributed by atoms with Gasteiger partial charge in [-0.15, -0.1) is 0 Å². The van der Waals surface area contributed by atoms with Gasteiger partial charge in [-0.3, -0.25) is 4.79 Å². The van der Waals surface area contributed by atoms with Crippen molar-refractivity contribution in [2.75, 3.05) is 0 Å². The van der Waals surface area contributed by atoms with E-state index in [0.29, 0.717) is 11.1 Å². The molecule has 0 amide bonds. The first-order valence-corrected chi connectivity index (χ1v) is 5.15. The standard InChI is InChI=1S/C13H16O3/c1-4-8(2)13(16)9(3)10-5-11(14)7-12(15)6-10/h4-7,9,14-15H,1-3H3/b8-4+. The van der Waals surface area contributed by atoms with E-state index in [2.05, 4.69) is 0 Å². The number of carbonyl (C=O) groups is 1. The summed E-state index contributed by atoms with van der Waals surface area (Å²) in [5.41, 5.74) is 1.29. The van der Waals surface area contributed by atoms with Crippen molar-refractivity contribution < 1.29 is 15.0 Å². The second kappa shape index (κ2) is 4.84. The zero-order chi connectivity index (χ0) is 12.3. The maximum atomic E-state index is 11.9. The Morgan fingerprint density at radius 3 is 2.19 bits per heavy atom. The lowest BCUT2D eigenvalue weighted by Gasteiger charge is -2.11. The highest BCUT2D eigenvalue weighted by Gasteiger charge is 2.17. The Balaban J connectivity index is 3.05. The van der Waals surface area contributed by atoms with Crippen molar-refractivity contribution in [3.63, 3.8) is 0 Å². The van der Waals surface area contributed by atoms with E-state index in [1.807, 2.05) is 0 Å². The van der Waals surface area contributed by atoms with Crippen LogP contribution < -0.4 is 0 Å². The van der Waals surface area contributed by atoms with E-state index >= 15 is 0 Å². The lowest BCUT2D eigenvalue weighted by Crippen LogP contribution is -2.10. The maximum Gasteiger partial charge on any atom is 0.165 e. The molecule has 0 radical (unpaired) electrons. The van der Waals surface area contributed by atoms with E-state index in [0.717, 1.165) is 0 Å². The molecule has 0 saturated carbocycles. The van der Waals surface area contributed by atoms with Gasteiger partial charge >= 0.3 is 0 Å². The molecule has 0 spiro atoms. The van der Waals surface area contributed by atoms with E-state index in [-0.39, 0.29) is 23.2 Å². The summed E-state index contributed by atoms with van der Waals surface area (Å²) >= 11 is 0. The highest BCUT2D eigenvalue weighted by atomic mass is 16.3. The summed E-state index contributed by atoms with van der Waals surface area (Å²) in [7, 11) is 0. The van der Waals surface area contributed by atoms with Gasteiger partial charge in [0.2, 0.25) is 0 Å². The molecule has 1 atom stereocenters. The number of hydrogen-bond acceptors (Lipinski definition) is 3. The average molecular weight is 220 g/mol. The number of allylic oxidation sites excluding steroid dienone is 2. The Hall–Kier alpha value is -1.77. The molecule has 1 unspecified atom stereocenters. The number of phenols is 2. The molecule has 3 nitrogen and oxygen atoms in total. The number of ketones is 1. The highest BCUT2D eigenvalue weighted by Crippen LogP contribution is 2.27. The summed E-state index contributed by atoms with van der Waals surface area (Å²) in [5.74, 6) is -0.442. The fourth-order valence-corrected chi connectivity index (χ4v) is 1.50. The number of Topliss-reactive ketones (excluding diaryl/α,β-unsaturated/α-hetero) is 1. The van der Waals surface area contributed by atoms with Crippen LogP contribution in [0.5, 0.6) is 11.5 Å². The molecule has 0 aliphatic carbocycles. The fraction of sp³-hybridized carbons (Fsp3) is 0.308.